The molecule has 138 valence electrons. The lowest BCUT2D eigenvalue weighted by Crippen LogP contribution is -2.42. The summed E-state index contributed by atoms with van der Waals surface area (Å²) >= 11 is 3.38. The van der Waals surface area contributed by atoms with Crippen molar-refractivity contribution in [2.75, 3.05) is 18.4 Å². The van der Waals surface area contributed by atoms with Gasteiger partial charge in [-0.25, -0.2) is 0 Å². The van der Waals surface area contributed by atoms with Crippen molar-refractivity contribution in [3.05, 3.63) is 64.6 Å². The summed E-state index contributed by atoms with van der Waals surface area (Å²) in [6.45, 7) is 4.98. The van der Waals surface area contributed by atoms with E-state index >= 15 is 0 Å². The molecule has 2 aromatic carbocycles. The van der Waals surface area contributed by atoms with Gasteiger partial charge in [-0.2, -0.15) is 0 Å². The number of hydrogen-bond donors (Lipinski definition) is 2. The second-order valence-electron chi connectivity index (χ2n) is 6.29. The van der Waals surface area contributed by atoms with Gasteiger partial charge in [0.05, 0.1) is 18.8 Å². The van der Waals surface area contributed by atoms with E-state index in [-0.39, 0.29) is 30.9 Å². The normalized spacial score (nSPS) is 10.8. The number of para-hydroxylation sites is 1. The Kier molecular flexibility index (Phi) is 7.81. The highest BCUT2D eigenvalue weighted by Gasteiger charge is 2.15. The van der Waals surface area contributed by atoms with E-state index in [2.05, 4.69) is 45.3 Å². The van der Waals surface area contributed by atoms with Crippen molar-refractivity contribution in [1.82, 2.24) is 10.2 Å². The van der Waals surface area contributed by atoms with Gasteiger partial charge in [0.2, 0.25) is 11.8 Å². The molecule has 2 rings (SSSR count). The van der Waals surface area contributed by atoms with E-state index in [4.69, 9.17) is 0 Å². The van der Waals surface area contributed by atoms with Gasteiger partial charge in [-0.05, 0) is 47.5 Å². The van der Waals surface area contributed by atoms with Crippen LogP contribution in [0.5, 0.6) is 0 Å². The van der Waals surface area contributed by atoms with Crippen LogP contribution in [0, 0.1) is 0 Å². The largest absolute Gasteiger partial charge is 0.346 e. The van der Waals surface area contributed by atoms with Gasteiger partial charge in [0.1, 0.15) is 0 Å². The van der Waals surface area contributed by atoms with Crippen LogP contribution in [-0.2, 0) is 16.1 Å². The van der Waals surface area contributed by atoms with Gasteiger partial charge in [0, 0.05) is 17.1 Å². The van der Waals surface area contributed by atoms with Gasteiger partial charge in [-0.3, -0.25) is 14.5 Å². The number of nitrogens with one attached hydrogen (secondary N) is 2. The molecule has 0 aromatic heterocycles. The summed E-state index contributed by atoms with van der Waals surface area (Å²) < 4.78 is 0.800. The standard InChI is InChI=1S/C20H24BrN3O2/c1-15(2)24(13-16-8-4-3-5-9-16)14-20(26)22-12-19(25)23-18-11-7-6-10-17(18)21/h3-11,15H,12-14H2,1-2H3,(H,22,26)(H,23,25). The lowest BCUT2D eigenvalue weighted by molar-refractivity contribution is -0.125. The molecular weight excluding hydrogens is 394 g/mol. The van der Waals surface area contributed by atoms with Crippen molar-refractivity contribution in [1.29, 1.82) is 0 Å². The maximum atomic E-state index is 12.2. The van der Waals surface area contributed by atoms with Crippen LogP contribution in [0.2, 0.25) is 0 Å². The third-order valence-corrected chi connectivity index (χ3v) is 4.59. The van der Waals surface area contributed by atoms with Gasteiger partial charge in [-0.1, -0.05) is 42.5 Å². The molecule has 0 saturated heterocycles. The summed E-state index contributed by atoms with van der Waals surface area (Å²) in [6.07, 6.45) is 0. The van der Waals surface area contributed by atoms with Crippen molar-refractivity contribution in [2.24, 2.45) is 0 Å². The van der Waals surface area contributed by atoms with Gasteiger partial charge in [-0.15, -0.1) is 0 Å². The first-order chi connectivity index (χ1) is 12.5. The van der Waals surface area contributed by atoms with Crippen LogP contribution in [0.15, 0.2) is 59.1 Å². The zero-order valence-corrected chi connectivity index (χ0v) is 16.6. The minimum atomic E-state index is -0.260. The van der Waals surface area contributed by atoms with Gasteiger partial charge in [0.15, 0.2) is 0 Å². The van der Waals surface area contributed by atoms with Crippen molar-refractivity contribution >= 4 is 33.4 Å². The molecule has 0 aliphatic carbocycles. The highest BCUT2D eigenvalue weighted by molar-refractivity contribution is 9.10. The van der Waals surface area contributed by atoms with E-state index in [1.54, 1.807) is 6.07 Å². The summed E-state index contributed by atoms with van der Waals surface area (Å²) in [5, 5.41) is 5.45. The van der Waals surface area contributed by atoms with E-state index in [9.17, 15) is 9.59 Å². The molecule has 0 fully saturated rings. The van der Waals surface area contributed by atoms with E-state index in [0.717, 1.165) is 10.0 Å². The molecule has 5 nitrogen and oxygen atoms in total. The first-order valence-corrected chi connectivity index (χ1v) is 9.34. The molecule has 26 heavy (non-hydrogen) atoms. The quantitative estimate of drug-likeness (QED) is 0.691. The number of carbonyl (C=O) groups is 2. The summed E-state index contributed by atoms with van der Waals surface area (Å²) in [6, 6.07) is 17.6. The fraction of sp³-hybridized carbons (Fsp3) is 0.300. The number of hydrogen-bond acceptors (Lipinski definition) is 3. The summed E-state index contributed by atoms with van der Waals surface area (Å²) in [5.74, 6) is -0.429. The number of halogens is 1. The Morgan fingerprint density at radius 3 is 2.31 bits per heavy atom. The third-order valence-electron chi connectivity index (χ3n) is 3.90. The molecular formula is C20H24BrN3O2. The zero-order chi connectivity index (χ0) is 18.9. The summed E-state index contributed by atoms with van der Waals surface area (Å²) in [7, 11) is 0. The van der Waals surface area contributed by atoms with Crippen LogP contribution < -0.4 is 10.6 Å². The highest BCUT2D eigenvalue weighted by Crippen LogP contribution is 2.20. The number of rotatable bonds is 8. The average molecular weight is 418 g/mol. The van der Waals surface area contributed by atoms with Crippen molar-refractivity contribution in [3.8, 4) is 0 Å². The molecule has 0 radical (unpaired) electrons. The molecule has 6 heteroatoms. The molecule has 0 aliphatic rings. The zero-order valence-electron chi connectivity index (χ0n) is 15.0. The molecule has 2 aromatic rings. The van der Waals surface area contributed by atoms with Crippen LogP contribution in [-0.4, -0.2) is 35.8 Å². The molecule has 0 aliphatic heterocycles. The molecule has 0 atom stereocenters. The van der Waals surface area contributed by atoms with Crippen molar-refractivity contribution < 1.29 is 9.59 Å². The minimum Gasteiger partial charge on any atom is -0.346 e. The Morgan fingerprint density at radius 1 is 1.00 bits per heavy atom. The van der Waals surface area contributed by atoms with E-state index in [1.807, 2.05) is 48.5 Å². The second-order valence-corrected chi connectivity index (χ2v) is 7.14. The van der Waals surface area contributed by atoms with Gasteiger partial charge in [0.25, 0.3) is 0 Å². The van der Waals surface area contributed by atoms with Crippen molar-refractivity contribution in [2.45, 2.75) is 26.4 Å². The molecule has 0 spiro atoms. The summed E-state index contributed by atoms with van der Waals surface area (Å²) in [4.78, 5) is 26.3. The Morgan fingerprint density at radius 2 is 1.65 bits per heavy atom. The first-order valence-electron chi connectivity index (χ1n) is 8.54. The maximum Gasteiger partial charge on any atom is 0.243 e. The van der Waals surface area contributed by atoms with E-state index in [1.165, 1.54) is 0 Å². The van der Waals surface area contributed by atoms with Gasteiger partial charge >= 0.3 is 0 Å². The first kappa shape index (κ1) is 20.1. The highest BCUT2D eigenvalue weighted by atomic mass is 79.9. The predicted molar refractivity (Wildman–Crippen MR) is 108 cm³/mol. The number of carbonyl (C=O) groups excluding carboxylic acids is 2. The average Bonchev–Trinajstić information content (AvgIpc) is 2.62. The monoisotopic (exact) mass is 417 g/mol. The fourth-order valence-corrected chi connectivity index (χ4v) is 2.80. The lowest BCUT2D eigenvalue weighted by atomic mass is 10.2. The SMILES string of the molecule is CC(C)N(CC(=O)NCC(=O)Nc1ccccc1Br)Cc1ccccc1. The lowest BCUT2D eigenvalue weighted by Gasteiger charge is -2.25. The number of amides is 2. The second kappa shape index (κ2) is 10.1. The molecule has 2 N–H and O–H groups in total. The Labute approximate surface area is 162 Å². The number of anilines is 1. The Balaban J connectivity index is 1.82. The van der Waals surface area contributed by atoms with Gasteiger partial charge < -0.3 is 10.6 Å². The Bertz CT molecular complexity index is 735. The maximum absolute atomic E-state index is 12.2. The molecule has 0 heterocycles. The molecule has 0 saturated carbocycles. The smallest absolute Gasteiger partial charge is 0.243 e. The third kappa shape index (κ3) is 6.61. The van der Waals surface area contributed by atoms with Crippen LogP contribution in [0.4, 0.5) is 5.69 Å². The van der Waals surface area contributed by atoms with Crippen LogP contribution in [0.25, 0.3) is 0 Å². The van der Waals surface area contributed by atoms with Crippen LogP contribution in [0.1, 0.15) is 19.4 Å². The summed E-state index contributed by atoms with van der Waals surface area (Å²) in [5.41, 5.74) is 1.83. The molecule has 2 amide bonds. The van der Waals surface area contributed by atoms with Crippen LogP contribution in [0.3, 0.4) is 0 Å². The number of benzene rings is 2. The minimum absolute atomic E-state index is 0.0581. The van der Waals surface area contributed by atoms with Crippen LogP contribution >= 0.6 is 15.9 Å². The fourth-order valence-electron chi connectivity index (χ4n) is 2.42. The molecule has 0 unspecified atom stereocenters. The Hall–Kier alpha value is -2.18. The number of nitrogens with zero attached hydrogens (tertiary/aromatic N) is 1. The van der Waals surface area contributed by atoms with E-state index < -0.39 is 0 Å². The van der Waals surface area contributed by atoms with Crippen molar-refractivity contribution in [3.63, 3.8) is 0 Å². The molecule has 0 bridgehead atoms. The van der Waals surface area contributed by atoms with E-state index in [0.29, 0.717) is 12.2 Å². The topological polar surface area (TPSA) is 61.4 Å². The predicted octanol–water partition coefficient (Wildman–Crippen LogP) is 3.41.